The van der Waals surface area contributed by atoms with Crippen LogP contribution in [-0.4, -0.2) is 20.7 Å². The summed E-state index contributed by atoms with van der Waals surface area (Å²) in [6.45, 7) is 2.04. The van der Waals surface area contributed by atoms with Crippen LogP contribution in [0, 0.1) is 5.82 Å². The molecule has 0 aliphatic heterocycles. The van der Waals surface area contributed by atoms with E-state index < -0.39 is 19.0 Å². The van der Waals surface area contributed by atoms with Crippen molar-refractivity contribution < 1.29 is 13.5 Å². The van der Waals surface area contributed by atoms with Crippen LogP contribution < -0.4 is 15.5 Å². The third kappa shape index (κ3) is 4.69. The predicted molar refractivity (Wildman–Crippen MR) is 119 cm³/mol. The molecule has 0 aromatic heterocycles. The van der Waals surface area contributed by atoms with Crippen LogP contribution in [0.2, 0.25) is 0 Å². The monoisotopic (exact) mass is 412 g/mol. The highest BCUT2D eigenvalue weighted by molar-refractivity contribution is 7.67. The molecule has 0 aliphatic carbocycles. The average Bonchev–Trinajstić information content (AvgIpc) is 2.73. The number of rotatable bonds is 8. The van der Waals surface area contributed by atoms with E-state index in [1.54, 1.807) is 37.3 Å². The molecule has 0 spiro atoms. The minimum atomic E-state index is -3.52. The Morgan fingerprint density at radius 1 is 0.966 bits per heavy atom. The van der Waals surface area contributed by atoms with Gasteiger partial charge in [-0.15, -0.1) is 0 Å². The van der Waals surface area contributed by atoms with Gasteiger partial charge >= 0.3 is 0 Å². The van der Waals surface area contributed by atoms with E-state index in [1.807, 2.05) is 61.5 Å². The smallest absolute Gasteiger partial charge is 0.258 e. The van der Waals surface area contributed by atoms with Gasteiger partial charge in [0.1, 0.15) is 11.6 Å². The van der Waals surface area contributed by atoms with Crippen molar-refractivity contribution in [3.8, 4) is 0 Å². The maximum atomic E-state index is 14.8. The predicted octanol–water partition coefficient (Wildman–Crippen LogP) is 5.64. The van der Waals surface area contributed by atoms with Crippen molar-refractivity contribution in [3.05, 3.63) is 90.2 Å². The zero-order valence-electron chi connectivity index (χ0n) is 16.9. The standard InChI is InChI=1S/C23H26FN2O2P/c1-4-28-29(27,20-16-14-19(15-17-20)26(2)3)23(21-12-8-9-13-22(21)24)25-18-10-6-5-7-11-18/h5-17,23,25H,4H2,1-3H3. The summed E-state index contributed by atoms with van der Waals surface area (Å²) in [4.78, 5) is 1.96. The summed E-state index contributed by atoms with van der Waals surface area (Å²) in [5.74, 6) is -1.29. The van der Waals surface area contributed by atoms with E-state index in [4.69, 9.17) is 4.52 Å². The Hall–Kier alpha value is -2.62. The number of nitrogens with zero attached hydrogens (tertiary/aromatic N) is 1. The second-order valence-electron chi connectivity index (χ2n) is 6.86. The topological polar surface area (TPSA) is 41.6 Å². The lowest BCUT2D eigenvalue weighted by Crippen LogP contribution is -2.22. The van der Waals surface area contributed by atoms with Gasteiger partial charge in [-0.3, -0.25) is 4.57 Å². The number of hydrogen-bond donors (Lipinski definition) is 1. The third-order valence-electron chi connectivity index (χ3n) is 4.66. The second-order valence-corrected chi connectivity index (χ2v) is 9.35. The van der Waals surface area contributed by atoms with Crippen LogP contribution in [0.15, 0.2) is 78.9 Å². The summed E-state index contributed by atoms with van der Waals surface area (Å²) in [6.07, 6.45) is 0. The molecule has 3 rings (SSSR count). The van der Waals surface area contributed by atoms with Crippen LogP contribution in [0.5, 0.6) is 0 Å². The van der Waals surface area contributed by atoms with Crippen LogP contribution >= 0.6 is 7.37 Å². The van der Waals surface area contributed by atoms with Gasteiger partial charge < -0.3 is 14.7 Å². The van der Waals surface area contributed by atoms with Gasteiger partial charge in [0.15, 0.2) is 0 Å². The summed E-state index contributed by atoms with van der Waals surface area (Å²) in [5, 5.41) is 3.80. The molecule has 0 saturated carbocycles. The van der Waals surface area contributed by atoms with Crippen LogP contribution in [0.25, 0.3) is 0 Å². The minimum absolute atomic E-state index is 0.244. The molecule has 0 heterocycles. The summed E-state index contributed by atoms with van der Waals surface area (Å²) >= 11 is 0. The van der Waals surface area contributed by atoms with E-state index in [1.165, 1.54) is 6.07 Å². The quantitative estimate of drug-likeness (QED) is 0.486. The molecule has 0 bridgehead atoms. The van der Waals surface area contributed by atoms with E-state index in [0.717, 1.165) is 11.4 Å². The number of hydrogen-bond acceptors (Lipinski definition) is 4. The molecular formula is C23H26FN2O2P. The van der Waals surface area contributed by atoms with Crippen LogP contribution in [0.3, 0.4) is 0 Å². The van der Waals surface area contributed by atoms with Gasteiger partial charge in [-0.25, -0.2) is 4.39 Å². The molecule has 152 valence electrons. The Morgan fingerprint density at radius 3 is 2.17 bits per heavy atom. The maximum absolute atomic E-state index is 14.8. The van der Waals surface area contributed by atoms with Crippen molar-refractivity contribution in [1.82, 2.24) is 0 Å². The molecule has 2 unspecified atom stereocenters. The number of nitrogens with one attached hydrogen (secondary N) is 1. The second kappa shape index (κ2) is 9.25. The van der Waals surface area contributed by atoms with E-state index in [9.17, 15) is 8.96 Å². The summed E-state index contributed by atoms with van der Waals surface area (Å²) in [7, 11) is 0.366. The lowest BCUT2D eigenvalue weighted by atomic mass is 10.2. The first-order chi connectivity index (χ1) is 14.0. The SMILES string of the molecule is CCOP(=O)(c1ccc(N(C)C)cc1)C(Nc1ccccc1)c1ccccc1F. The van der Waals surface area contributed by atoms with Crippen molar-refractivity contribution in [2.45, 2.75) is 12.7 Å². The molecule has 29 heavy (non-hydrogen) atoms. The number of halogens is 1. The van der Waals surface area contributed by atoms with Gasteiger partial charge in [-0.05, 0) is 49.4 Å². The fourth-order valence-corrected chi connectivity index (χ4v) is 5.62. The number of para-hydroxylation sites is 1. The normalized spacial score (nSPS) is 14.1. The first kappa shape index (κ1) is 21.1. The van der Waals surface area contributed by atoms with Crippen LogP contribution in [-0.2, 0) is 9.09 Å². The molecule has 3 aromatic rings. The molecule has 4 nitrogen and oxygen atoms in total. The molecule has 0 amide bonds. The fraction of sp³-hybridized carbons (Fsp3) is 0.217. The molecule has 6 heteroatoms. The first-order valence-electron chi connectivity index (χ1n) is 9.54. The molecule has 0 aliphatic rings. The highest BCUT2D eigenvalue weighted by Gasteiger charge is 2.39. The Balaban J connectivity index is 2.13. The first-order valence-corrected chi connectivity index (χ1v) is 11.2. The van der Waals surface area contributed by atoms with Crippen molar-refractivity contribution >= 4 is 24.0 Å². The van der Waals surface area contributed by atoms with Gasteiger partial charge in [0.05, 0.1) is 6.61 Å². The Kier molecular flexibility index (Phi) is 6.73. The molecular weight excluding hydrogens is 386 g/mol. The van der Waals surface area contributed by atoms with E-state index in [-0.39, 0.29) is 6.61 Å². The lowest BCUT2D eigenvalue weighted by Gasteiger charge is -2.30. The third-order valence-corrected chi connectivity index (χ3v) is 7.41. The van der Waals surface area contributed by atoms with Crippen molar-refractivity contribution in [2.75, 3.05) is 30.9 Å². The van der Waals surface area contributed by atoms with Gasteiger partial charge in [0, 0.05) is 36.3 Å². The average molecular weight is 412 g/mol. The fourth-order valence-electron chi connectivity index (χ4n) is 3.18. The highest BCUT2D eigenvalue weighted by atomic mass is 31.2. The van der Waals surface area contributed by atoms with E-state index in [0.29, 0.717) is 10.9 Å². The minimum Gasteiger partial charge on any atom is -0.378 e. The van der Waals surface area contributed by atoms with Gasteiger partial charge in [-0.1, -0.05) is 36.4 Å². The molecule has 0 fully saturated rings. The van der Waals surface area contributed by atoms with Crippen molar-refractivity contribution in [1.29, 1.82) is 0 Å². The van der Waals surface area contributed by atoms with Gasteiger partial charge in [0.2, 0.25) is 0 Å². The number of benzene rings is 3. The molecule has 0 saturated heterocycles. The largest absolute Gasteiger partial charge is 0.378 e. The van der Waals surface area contributed by atoms with Crippen molar-refractivity contribution in [3.63, 3.8) is 0 Å². The zero-order chi connectivity index (χ0) is 20.9. The summed E-state index contributed by atoms with van der Waals surface area (Å²) in [6, 6.07) is 23.1. The Bertz CT molecular complexity index is 978. The summed E-state index contributed by atoms with van der Waals surface area (Å²) < 4.78 is 34.9. The molecule has 1 N–H and O–H groups in total. The molecule has 2 atom stereocenters. The van der Waals surface area contributed by atoms with E-state index >= 15 is 0 Å². The van der Waals surface area contributed by atoms with Crippen LogP contribution in [0.4, 0.5) is 15.8 Å². The maximum Gasteiger partial charge on any atom is 0.258 e. The van der Waals surface area contributed by atoms with Gasteiger partial charge in [-0.2, -0.15) is 0 Å². The van der Waals surface area contributed by atoms with Crippen LogP contribution in [0.1, 0.15) is 18.3 Å². The molecule has 3 aromatic carbocycles. The highest BCUT2D eigenvalue weighted by Crippen LogP contribution is 2.59. The molecule has 0 radical (unpaired) electrons. The number of anilines is 2. The summed E-state index contributed by atoms with van der Waals surface area (Å²) in [5.41, 5.74) is 2.03. The van der Waals surface area contributed by atoms with E-state index in [2.05, 4.69) is 5.32 Å². The Labute approximate surface area is 171 Å². The van der Waals surface area contributed by atoms with Gasteiger partial charge in [0.25, 0.3) is 7.37 Å². The lowest BCUT2D eigenvalue weighted by molar-refractivity contribution is 0.335. The zero-order valence-corrected chi connectivity index (χ0v) is 17.8. The Morgan fingerprint density at radius 2 is 1.59 bits per heavy atom. The van der Waals surface area contributed by atoms with Crippen molar-refractivity contribution in [2.24, 2.45) is 0 Å².